The molecule has 146 valence electrons. The van der Waals surface area contributed by atoms with Crippen LogP contribution < -0.4 is 9.47 Å². The number of ether oxygens (including phenoxy) is 4. The molecule has 8 heteroatoms. The van der Waals surface area contributed by atoms with Crippen LogP contribution >= 0.6 is 0 Å². The minimum absolute atomic E-state index is 0.0600. The van der Waals surface area contributed by atoms with Gasteiger partial charge in [0.1, 0.15) is 24.0 Å². The zero-order chi connectivity index (χ0) is 20.0. The fraction of sp³-hybridized carbons (Fsp3) is 0.300. The van der Waals surface area contributed by atoms with Gasteiger partial charge in [-0.15, -0.1) is 0 Å². The number of rotatable bonds is 4. The first-order valence-electron chi connectivity index (χ1n) is 8.59. The molecule has 2 aliphatic rings. The molecule has 8 nitrogen and oxygen atoms in total. The van der Waals surface area contributed by atoms with Gasteiger partial charge in [0.2, 0.25) is 0 Å². The van der Waals surface area contributed by atoms with E-state index in [9.17, 15) is 19.8 Å². The predicted octanol–water partition coefficient (Wildman–Crippen LogP) is 2.24. The Bertz CT molecular complexity index is 876. The Morgan fingerprint density at radius 2 is 1.14 bits per heavy atom. The van der Waals surface area contributed by atoms with E-state index in [4.69, 9.17) is 18.9 Å². The van der Waals surface area contributed by atoms with Crippen molar-refractivity contribution in [3.63, 3.8) is 0 Å². The number of aromatic hydroxyl groups is 2. The first-order chi connectivity index (χ1) is 13.4. The van der Waals surface area contributed by atoms with E-state index in [-0.39, 0.29) is 23.0 Å². The molecule has 2 aromatic carbocycles. The maximum atomic E-state index is 12.6. The number of benzene rings is 2. The molecule has 0 aromatic heterocycles. The number of carbonyl (C=O) groups excluding carboxylic acids is 2. The Kier molecular flexibility index (Phi) is 4.26. The summed E-state index contributed by atoms with van der Waals surface area (Å²) in [7, 11) is 2.81. The average molecular weight is 386 g/mol. The van der Waals surface area contributed by atoms with Crippen LogP contribution in [0.25, 0.3) is 0 Å². The zero-order valence-electron chi connectivity index (χ0n) is 15.1. The molecule has 2 aliphatic heterocycles. The van der Waals surface area contributed by atoms with Crippen molar-refractivity contribution >= 4 is 11.9 Å². The van der Waals surface area contributed by atoms with Gasteiger partial charge in [0.05, 0.1) is 14.2 Å². The van der Waals surface area contributed by atoms with Crippen LogP contribution in [-0.4, -0.2) is 36.4 Å². The number of esters is 2. The summed E-state index contributed by atoms with van der Waals surface area (Å²) in [6, 6.07) is 9.03. The molecular weight excluding hydrogens is 368 g/mol. The van der Waals surface area contributed by atoms with E-state index in [2.05, 4.69) is 0 Å². The third-order valence-electron chi connectivity index (χ3n) is 5.13. The second kappa shape index (κ2) is 6.63. The molecule has 2 fully saturated rings. The van der Waals surface area contributed by atoms with Gasteiger partial charge >= 0.3 is 11.9 Å². The lowest BCUT2D eigenvalue weighted by Crippen LogP contribution is -2.19. The van der Waals surface area contributed by atoms with E-state index in [0.29, 0.717) is 11.1 Å². The molecule has 0 unspecified atom stereocenters. The summed E-state index contributed by atoms with van der Waals surface area (Å²) in [5, 5.41) is 19.6. The van der Waals surface area contributed by atoms with Crippen molar-refractivity contribution in [2.75, 3.05) is 14.2 Å². The van der Waals surface area contributed by atoms with Crippen LogP contribution in [0.4, 0.5) is 0 Å². The molecule has 2 heterocycles. The summed E-state index contributed by atoms with van der Waals surface area (Å²) in [4.78, 5) is 25.2. The molecule has 4 atom stereocenters. The van der Waals surface area contributed by atoms with E-state index < -0.39 is 36.0 Å². The van der Waals surface area contributed by atoms with Crippen LogP contribution in [0.2, 0.25) is 0 Å². The van der Waals surface area contributed by atoms with Crippen LogP contribution in [0.15, 0.2) is 36.4 Å². The molecular formula is C20H18O8. The second-order valence-electron chi connectivity index (χ2n) is 6.63. The Morgan fingerprint density at radius 1 is 0.750 bits per heavy atom. The fourth-order valence-electron chi connectivity index (χ4n) is 3.76. The molecule has 0 spiro atoms. The monoisotopic (exact) mass is 386 g/mol. The topological polar surface area (TPSA) is 112 Å². The van der Waals surface area contributed by atoms with Crippen molar-refractivity contribution in [2.45, 2.75) is 12.2 Å². The van der Waals surface area contributed by atoms with Crippen molar-refractivity contribution in [2.24, 2.45) is 11.8 Å². The largest absolute Gasteiger partial charge is 0.504 e. The highest BCUT2D eigenvalue weighted by Gasteiger charge is 2.60. The summed E-state index contributed by atoms with van der Waals surface area (Å²) in [6.45, 7) is 0. The molecule has 0 aliphatic carbocycles. The number of carbonyl (C=O) groups is 2. The zero-order valence-corrected chi connectivity index (χ0v) is 15.1. The summed E-state index contributed by atoms with van der Waals surface area (Å²) in [5.41, 5.74) is 1.05. The van der Waals surface area contributed by atoms with Gasteiger partial charge in [-0.2, -0.15) is 0 Å². The highest BCUT2D eigenvalue weighted by molar-refractivity contribution is 5.89. The number of fused-ring (bicyclic) bond motifs is 1. The van der Waals surface area contributed by atoms with Crippen molar-refractivity contribution in [3.8, 4) is 23.0 Å². The van der Waals surface area contributed by atoms with Crippen LogP contribution in [0, 0.1) is 11.8 Å². The Hall–Kier alpha value is -3.42. The SMILES string of the molecule is COc1cc([C@@H]2OC(=O)[C@H]3[C@H]2C(=O)O[C@H]3c2ccc(O)c(OC)c2)ccc1O. The molecule has 4 rings (SSSR count). The smallest absolute Gasteiger partial charge is 0.314 e. The summed E-state index contributed by atoms with van der Waals surface area (Å²) < 4.78 is 21.2. The van der Waals surface area contributed by atoms with Gasteiger partial charge in [-0.3, -0.25) is 9.59 Å². The molecule has 0 saturated carbocycles. The number of methoxy groups -OCH3 is 2. The molecule has 28 heavy (non-hydrogen) atoms. The van der Waals surface area contributed by atoms with Gasteiger partial charge in [0.25, 0.3) is 0 Å². The Morgan fingerprint density at radius 3 is 1.50 bits per heavy atom. The quantitative estimate of drug-likeness (QED) is 0.770. The van der Waals surface area contributed by atoms with Crippen molar-refractivity contribution in [1.82, 2.24) is 0 Å². The van der Waals surface area contributed by atoms with E-state index in [1.165, 1.54) is 38.5 Å². The molecule has 0 bridgehead atoms. The van der Waals surface area contributed by atoms with Gasteiger partial charge in [-0.25, -0.2) is 0 Å². The lowest BCUT2D eigenvalue weighted by molar-refractivity contribution is -0.154. The lowest BCUT2D eigenvalue weighted by Gasteiger charge is -2.16. The van der Waals surface area contributed by atoms with Gasteiger partial charge in [-0.05, 0) is 35.4 Å². The van der Waals surface area contributed by atoms with E-state index in [1.54, 1.807) is 12.1 Å². The minimum atomic E-state index is -0.844. The van der Waals surface area contributed by atoms with E-state index in [1.807, 2.05) is 0 Å². The maximum absolute atomic E-state index is 12.6. The molecule has 2 aromatic rings. The predicted molar refractivity (Wildman–Crippen MR) is 94.0 cm³/mol. The lowest BCUT2D eigenvalue weighted by atomic mass is 9.84. The van der Waals surface area contributed by atoms with Gasteiger partial charge in [0.15, 0.2) is 23.0 Å². The van der Waals surface area contributed by atoms with Gasteiger partial charge in [-0.1, -0.05) is 12.1 Å². The van der Waals surface area contributed by atoms with Crippen LogP contribution in [-0.2, 0) is 19.1 Å². The van der Waals surface area contributed by atoms with Crippen molar-refractivity contribution in [1.29, 1.82) is 0 Å². The molecule has 2 saturated heterocycles. The third-order valence-corrected chi connectivity index (χ3v) is 5.13. The molecule has 2 N–H and O–H groups in total. The molecule has 0 amide bonds. The van der Waals surface area contributed by atoms with E-state index in [0.717, 1.165) is 0 Å². The molecule has 0 radical (unpaired) electrons. The number of hydrogen-bond donors (Lipinski definition) is 2. The number of phenolic OH excluding ortho intramolecular Hbond substituents is 2. The maximum Gasteiger partial charge on any atom is 0.314 e. The summed E-state index contributed by atoms with van der Waals surface area (Å²) >= 11 is 0. The van der Waals surface area contributed by atoms with E-state index >= 15 is 0 Å². The minimum Gasteiger partial charge on any atom is -0.504 e. The number of cyclic esters (lactones) is 2. The Balaban J connectivity index is 1.69. The van der Waals surface area contributed by atoms with Crippen LogP contribution in [0.1, 0.15) is 23.3 Å². The summed E-state index contributed by atoms with van der Waals surface area (Å²) in [5.74, 6) is -2.45. The second-order valence-corrected chi connectivity index (χ2v) is 6.63. The number of hydrogen-bond acceptors (Lipinski definition) is 8. The third kappa shape index (κ3) is 2.69. The average Bonchev–Trinajstić information content (AvgIpc) is 3.21. The van der Waals surface area contributed by atoms with Gasteiger partial charge < -0.3 is 29.2 Å². The van der Waals surface area contributed by atoms with Crippen molar-refractivity contribution in [3.05, 3.63) is 47.5 Å². The first-order valence-corrected chi connectivity index (χ1v) is 8.59. The number of phenols is 2. The highest BCUT2D eigenvalue weighted by atomic mass is 16.6. The van der Waals surface area contributed by atoms with Gasteiger partial charge in [0, 0.05) is 0 Å². The normalized spacial score (nSPS) is 25.8. The summed E-state index contributed by atoms with van der Waals surface area (Å²) in [6.07, 6.45) is -1.69. The van der Waals surface area contributed by atoms with Crippen LogP contribution in [0.3, 0.4) is 0 Å². The highest BCUT2D eigenvalue weighted by Crippen LogP contribution is 2.52. The van der Waals surface area contributed by atoms with Crippen molar-refractivity contribution < 1.29 is 38.7 Å². The fourth-order valence-corrected chi connectivity index (χ4v) is 3.76. The first kappa shape index (κ1) is 18.0. The Labute approximate surface area is 160 Å². The van der Waals surface area contributed by atoms with Crippen LogP contribution in [0.5, 0.6) is 23.0 Å². The standard InChI is InChI=1S/C20H18O8/c1-25-13-7-9(3-5-11(13)21)17-15-16(20(24)27-17)18(28-19(15)23)10-4-6-12(22)14(8-10)26-2/h3-8,15-18,21-22H,1-2H3/t15-,16+,17-,18-/m0/s1.